The minimum absolute atomic E-state index is 0.434. The SMILES string of the molecule is Cc1cc(Cl)c(C)c(NC(=O)OC(C)(C)C)n1. The maximum Gasteiger partial charge on any atom is 0.413 e. The highest BCUT2D eigenvalue weighted by atomic mass is 35.5. The van der Waals surface area contributed by atoms with Gasteiger partial charge in [0.1, 0.15) is 11.4 Å². The smallest absolute Gasteiger partial charge is 0.413 e. The summed E-state index contributed by atoms with van der Waals surface area (Å²) < 4.78 is 5.14. The van der Waals surface area contributed by atoms with Crippen molar-refractivity contribution in [3.05, 3.63) is 22.3 Å². The molecular weight excluding hydrogens is 240 g/mol. The number of nitrogens with zero attached hydrogens (tertiary/aromatic N) is 1. The molecule has 0 aliphatic carbocycles. The Bertz CT molecular complexity index is 439. The standard InChI is InChI=1S/C12H17ClN2O2/c1-7-6-9(13)8(2)10(14-7)15-11(16)17-12(3,4)5/h6H,1-5H3,(H,14,15,16). The van der Waals surface area contributed by atoms with Gasteiger partial charge in [0.25, 0.3) is 0 Å². The molecule has 0 radical (unpaired) electrons. The fraction of sp³-hybridized carbons (Fsp3) is 0.500. The molecule has 4 nitrogen and oxygen atoms in total. The summed E-state index contributed by atoms with van der Waals surface area (Å²) in [6.45, 7) is 9.01. The zero-order valence-electron chi connectivity index (χ0n) is 10.7. The number of ether oxygens (including phenoxy) is 1. The van der Waals surface area contributed by atoms with Crippen LogP contribution in [-0.4, -0.2) is 16.7 Å². The van der Waals surface area contributed by atoms with E-state index in [1.165, 1.54) is 0 Å². The van der Waals surface area contributed by atoms with E-state index in [0.29, 0.717) is 10.8 Å². The van der Waals surface area contributed by atoms with Gasteiger partial charge in [-0.15, -0.1) is 0 Å². The molecule has 1 aromatic heterocycles. The van der Waals surface area contributed by atoms with Crippen molar-refractivity contribution in [1.29, 1.82) is 0 Å². The molecule has 1 rings (SSSR count). The van der Waals surface area contributed by atoms with E-state index in [0.717, 1.165) is 11.3 Å². The Morgan fingerprint density at radius 1 is 1.41 bits per heavy atom. The Morgan fingerprint density at radius 2 is 2.00 bits per heavy atom. The van der Waals surface area contributed by atoms with Crippen LogP contribution < -0.4 is 5.32 Å². The third kappa shape index (κ3) is 4.23. The molecule has 1 amide bonds. The Labute approximate surface area is 106 Å². The molecule has 0 unspecified atom stereocenters. The van der Waals surface area contributed by atoms with Gasteiger partial charge in [-0.2, -0.15) is 0 Å². The monoisotopic (exact) mass is 256 g/mol. The van der Waals surface area contributed by atoms with E-state index in [9.17, 15) is 4.79 Å². The maximum absolute atomic E-state index is 11.6. The minimum Gasteiger partial charge on any atom is -0.444 e. The van der Waals surface area contributed by atoms with Crippen molar-refractivity contribution in [2.24, 2.45) is 0 Å². The number of pyridine rings is 1. The molecule has 17 heavy (non-hydrogen) atoms. The van der Waals surface area contributed by atoms with Crippen LogP contribution in [-0.2, 0) is 4.74 Å². The van der Waals surface area contributed by atoms with E-state index in [-0.39, 0.29) is 0 Å². The molecule has 0 aromatic carbocycles. The lowest BCUT2D eigenvalue weighted by atomic mass is 10.2. The lowest BCUT2D eigenvalue weighted by Crippen LogP contribution is -2.27. The minimum atomic E-state index is -0.536. The molecule has 5 heteroatoms. The number of carbonyl (C=O) groups excluding carboxylic acids is 1. The number of hydrogen-bond donors (Lipinski definition) is 1. The van der Waals surface area contributed by atoms with E-state index >= 15 is 0 Å². The molecule has 0 spiro atoms. The van der Waals surface area contributed by atoms with Crippen molar-refractivity contribution in [3.8, 4) is 0 Å². The Kier molecular flexibility index (Phi) is 3.98. The lowest BCUT2D eigenvalue weighted by Gasteiger charge is -2.20. The van der Waals surface area contributed by atoms with Crippen molar-refractivity contribution in [3.63, 3.8) is 0 Å². The number of rotatable bonds is 1. The van der Waals surface area contributed by atoms with Crippen LogP contribution in [0.25, 0.3) is 0 Å². The first kappa shape index (κ1) is 13.8. The predicted octanol–water partition coefficient (Wildman–Crippen LogP) is 3.70. The van der Waals surface area contributed by atoms with Gasteiger partial charge in [-0.25, -0.2) is 9.78 Å². The molecule has 0 fully saturated rings. The quantitative estimate of drug-likeness (QED) is 0.834. The summed E-state index contributed by atoms with van der Waals surface area (Å²) in [5.41, 5.74) is 0.931. The molecule has 0 saturated carbocycles. The third-order valence-corrected chi connectivity index (χ3v) is 2.35. The fourth-order valence-electron chi connectivity index (χ4n) is 1.22. The molecule has 1 heterocycles. The first-order valence-corrected chi connectivity index (χ1v) is 5.70. The molecule has 0 aliphatic rings. The Morgan fingerprint density at radius 3 is 2.53 bits per heavy atom. The van der Waals surface area contributed by atoms with Gasteiger partial charge in [-0.05, 0) is 40.7 Å². The topological polar surface area (TPSA) is 51.2 Å². The van der Waals surface area contributed by atoms with Crippen LogP contribution in [0.5, 0.6) is 0 Å². The van der Waals surface area contributed by atoms with Gasteiger partial charge in [0.15, 0.2) is 0 Å². The van der Waals surface area contributed by atoms with E-state index in [1.807, 2.05) is 6.92 Å². The Hall–Kier alpha value is -1.29. The first-order chi connectivity index (χ1) is 7.69. The van der Waals surface area contributed by atoms with Gasteiger partial charge in [0, 0.05) is 16.3 Å². The van der Waals surface area contributed by atoms with Gasteiger partial charge in [-0.1, -0.05) is 11.6 Å². The van der Waals surface area contributed by atoms with Crippen molar-refractivity contribution in [2.45, 2.75) is 40.2 Å². The average Bonchev–Trinajstić information content (AvgIpc) is 2.10. The predicted molar refractivity (Wildman–Crippen MR) is 68.6 cm³/mol. The molecule has 0 bridgehead atoms. The van der Waals surface area contributed by atoms with Crippen LogP contribution in [0.3, 0.4) is 0 Å². The second kappa shape index (κ2) is 4.92. The van der Waals surface area contributed by atoms with Gasteiger partial charge in [-0.3, -0.25) is 5.32 Å². The van der Waals surface area contributed by atoms with Crippen LogP contribution >= 0.6 is 11.6 Å². The summed E-state index contributed by atoms with van der Waals surface area (Å²) in [5, 5.41) is 3.16. The largest absolute Gasteiger partial charge is 0.444 e. The van der Waals surface area contributed by atoms with Crippen LogP contribution in [0.2, 0.25) is 5.02 Å². The maximum atomic E-state index is 11.6. The molecule has 0 saturated heterocycles. The van der Waals surface area contributed by atoms with E-state index in [2.05, 4.69) is 10.3 Å². The number of aryl methyl sites for hydroxylation is 1. The second-order valence-electron chi connectivity index (χ2n) is 4.85. The van der Waals surface area contributed by atoms with E-state index < -0.39 is 11.7 Å². The number of hydrogen-bond acceptors (Lipinski definition) is 3. The molecule has 94 valence electrons. The van der Waals surface area contributed by atoms with Crippen LogP contribution in [0.1, 0.15) is 32.0 Å². The summed E-state index contributed by atoms with van der Waals surface area (Å²) in [7, 11) is 0. The number of carbonyl (C=O) groups is 1. The van der Waals surface area contributed by atoms with Crippen molar-refractivity contribution in [1.82, 2.24) is 4.98 Å². The molecule has 1 N–H and O–H groups in total. The number of amides is 1. The molecule has 1 aromatic rings. The summed E-state index contributed by atoms with van der Waals surface area (Å²) in [6.07, 6.45) is -0.533. The summed E-state index contributed by atoms with van der Waals surface area (Å²) >= 11 is 6.00. The molecule has 0 atom stereocenters. The zero-order chi connectivity index (χ0) is 13.2. The van der Waals surface area contributed by atoms with Crippen LogP contribution in [0.4, 0.5) is 10.6 Å². The fourth-order valence-corrected chi connectivity index (χ4v) is 1.47. The van der Waals surface area contributed by atoms with Crippen molar-refractivity contribution in [2.75, 3.05) is 5.32 Å². The summed E-state index contributed by atoms with van der Waals surface area (Å²) in [5.74, 6) is 0.434. The normalized spacial score (nSPS) is 11.2. The number of halogens is 1. The zero-order valence-corrected chi connectivity index (χ0v) is 11.5. The van der Waals surface area contributed by atoms with Crippen LogP contribution in [0, 0.1) is 13.8 Å². The van der Waals surface area contributed by atoms with Crippen molar-refractivity contribution >= 4 is 23.5 Å². The molecular formula is C12H17ClN2O2. The Balaban J connectivity index is 2.85. The van der Waals surface area contributed by atoms with Crippen LogP contribution in [0.15, 0.2) is 6.07 Å². The third-order valence-electron chi connectivity index (χ3n) is 1.96. The highest BCUT2D eigenvalue weighted by Gasteiger charge is 2.17. The highest BCUT2D eigenvalue weighted by Crippen LogP contribution is 2.23. The van der Waals surface area contributed by atoms with Gasteiger partial charge < -0.3 is 4.74 Å². The second-order valence-corrected chi connectivity index (χ2v) is 5.25. The average molecular weight is 257 g/mol. The first-order valence-electron chi connectivity index (χ1n) is 5.33. The van der Waals surface area contributed by atoms with Gasteiger partial charge in [0.05, 0.1) is 0 Å². The molecule has 0 aliphatic heterocycles. The highest BCUT2D eigenvalue weighted by molar-refractivity contribution is 6.31. The van der Waals surface area contributed by atoms with Gasteiger partial charge >= 0.3 is 6.09 Å². The van der Waals surface area contributed by atoms with E-state index in [4.69, 9.17) is 16.3 Å². The number of aromatic nitrogens is 1. The summed E-state index contributed by atoms with van der Waals surface area (Å²) in [4.78, 5) is 15.8. The lowest BCUT2D eigenvalue weighted by molar-refractivity contribution is 0.0635. The van der Waals surface area contributed by atoms with Crippen molar-refractivity contribution < 1.29 is 9.53 Å². The van der Waals surface area contributed by atoms with E-state index in [1.54, 1.807) is 33.8 Å². The van der Waals surface area contributed by atoms with Gasteiger partial charge in [0.2, 0.25) is 0 Å². The number of anilines is 1. The number of nitrogens with one attached hydrogen (secondary N) is 1. The summed E-state index contributed by atoms with van der Waals surface area (Å²) in [6, 6.07) is 1.75.